The SMILES string of the molecule is COc1ccc(C2NCC[C@H]2C(=O)OC(C)C)cc1OC.O=C(O)C(=O)O. The van der Waals surface area contributed by atoms with Gasteiger partial charge in [-0.2, -0.15) is 0 Å². The minimum Gasteiger partial charge on any atom is -0.493 e. The first-order valence-electron chi connectivity index (χ1n) is 8.33. The van der Waals surface area contributed by atoms with Crippen molar-refractivity contribution in [1.82, 2.24) is 5.32 Å². The van der Waals surface area contributed by atoms with Crippen molar-refractivity contribution < 1.29 is 38.8 Å². The lowest BCUT2D eigenvalue weighted by Crippen LogP contribution is -2.27. The number of rotatable bonds is 5. The zero-order valence-electron chi connectivity index (χ0n) is 15.7. The number of aliphatic carboxylic acids is 2. The van der Waals surface area contributed by atoms with E-state index in [9.17, 15) is 4.79 Å². The molecule has 1 aliphatic rings. The van der Waals surface area contributed by atoms with Crippen LogP contribution in [0.2, 0.25) is 0 Å². The monoisotopic (exact) mass is 383 g/mol. The second-order valence-corrected chi connectivity index (χ2v) is 6.04. The van der Waals surface area contributed by atoms with E-state index in [2.05, 4.69) is 5.32 Å². The molecule has 150 valence electrons. The highest BCUT2D eigenvalue weighted by Crippen LogP contribution is 2.36. The van der Waals surface area contributed by atoms with E-state index in [0.717, 1.165) is 18.5 Å². The molecule has 0 saturated carbocycles. The molecule has 2 rings (SSSR count). The molecule has 3 N–H and O–H groups in total. The van der Waals surface area contributed by atoms with Crippen LogP contribution in [0.15, 0.2) is 18.2 Å². The van der Waals surface area contributed by atoms with Gasteiger partial charge < -0.3 is 29.7 Å². The van der Waals surface area contributed by atoms with Crippen LogP contribution in [0.4, 0.5) is 0 Å². The van der Waals surface area contributed by atoms with Gasteiger partial charge in [0.1, 0.15) is 0 Å². The summed E-state index contributed by atoms with van der Waals surface area (Å²) in [6.07, 6.45) is 0.689. The Balaban J connectivity index is 0.000000527. The van der Waals surface area contributed by atoms with Gasteiger partial charge >= 0.3 is 17.9 Å². The van der Waals surface area contributed by atoms with Crippen LogP contribution in [0.25, 0.3) is 0 Å². The Labute approximate surface area is 157 Å². The Morgan fingerprint density at radius 1 is 1.07 bits per heavy atom. The number of hydrogen-bond donors (Lipinski definition) is 3. The van der Waals surface area contributed by atoms with Crippen LogP contribution in [-0.4, -0.2) is 55.0 Å². The van der Waals surface area contributed by atoms with Gasteiger partial charge in [-0.1, -0.05) is 6.07 Å². The molecule has 0 spiro atoms. The fourth-order valence-corrected chi connectivity index (χ4v) is 2.67. The average molecular weight is 383 g/mol. The van der Waals surface area contributed by atoms with Gasteiger partial charge in [-0.3, -0.25) is 4.79 Å². The minimum absolute atomic E-state index is 0.0453. The predicted molar refractivity (Wildman–Crippen MR) is 94.9 cm³/mol. The van der Waals surface area contributed by atoms with Gasteiger partial charge in [0.15, 0.2) is 11.5 Å². The zero-order chi connectivity index (χ0) is 20.6. The maximum atomic E-state index is 12.2. The predicted octanol–water partition coefficient (Wildman–Crippen LogP) is 1.46. The van der Waals surface area contributed by atoms with Crippen LogP contribution >= 0.6 is 0 Å². The Morgan fingerprint density at radius 3 is 2.15 bits per heavy atom. The molecule has 1 aliphatic heterocycles. The largest absolute Gasteiger partial charge is 0.493 e. The summed E-state index contributed by atoms with van der Waals surface area (Å²) in [6.45, 7) is 4.54. The molecule has 1 aromatic carbocycles. The summed E-state index contributed by atoms with van der Waals surface area (Å²) in [5.41, 5.74) is 1.01. The number of benzene rings is 1. The van der Waals surface area contributed by atoms with Crippen molar-refractivity contribution in [3.63, 3.8) is 0 Å². The van der Waals surface area contributed by atoms with E-state index in [4.69, 9.17) is 34.0 Å². The molecule has 2 atom stereocenters. The normalized spacial score (nSPS) is 18.3. The summed E-state index contributed by atoms with van der Waals surface area (Å²) in [7, 11) is 3.21. The Morgan fingerprint density at radius 2 is 1.67 bits per heavy atom. The van der Waals surface area contributed by atoms with Gasteiger partial charge in [0, 0.05) is 6.04 Å². The molecule has 1 aromatic rings. The van der Waals surface area contributed by atoms with Gasteiger partial charge in [0.2, 0.25) is 0 Å². The van der Waals surface area contributed by atoms with Gasteiger partial charge in [0.05, 0.1) is 26.2 Å². The topological polar surface area (TPSA) is 131 Å². The molecule has 9 nitrogen and oxygen atoms in total. The van der Waals surface area contributed by atoms with Crippen LogP contribution in [0.1, 0.15) is 31.9 Å². The van der Waals surface area contributed by atoms with Crippen molar-refractivity contribution in [1.29, 1.82) is 0 Å². The smallest absolute Gasteiger partial charge is 0.414 e. The molecule has 1 saturated heterocycles. The molecule has 1 fully saturated rings. The molecule has 0 amide bonds. The summed E-state index contributed by atoms with van der Waals surface area (Å²) in [5, 5.41) is 18.2. The number of carboxylic acid groups (broad SMARTS) is 2. The van der Waals surface area contributed by atoms with Gasteiger partial charge in [0.25, 0.3) is 0 Å². The zero-order valence-corrected chi connectivity index (χ0v) is 15.7. The summed E-state index contributed by atoms with van der Waals surface area (Å²) >= 11 is 0. The third kappa shape index (κ3) is 6.45. The molecular weight excluding hydrogens is 358 g/mol. The lowest BCUT2D eigenvalue weighted by atomic mass is 9.94. The Hall–Kier alpha value is -2.81. The Kier molecular flexibility index (Phi) is 8.53. The van der Waals surface area contributed by atoms with Crippen LogP contribution in [0.3, 0.4) is 0 Å². The first-order valence-corrected chi connectivity index (χ1v) is 8.33. The second-order valence-electron chi connectivity index (χ2n) is 6.04. The van der Waals surface area contributed by atoms with Gasteiger partial charge in [-0.05, 0) is 44.5 Å². The highest BCUT2D eigenvalue weighted by Gasteiger charge is 2.35. The van der Waals surface area contributed by atoms with Crippen LogP contribution < -0.4 is 14.8 Å². The average Bonchev–Trinajstić information content (AvgIpc) is 3.10. The summed E-state index contributed by atoms with van der Waals surface area (Å²) in [6, 6.07) is 5.69. The van der Waals surface area contributed by atoms with Crippen molar-refractivity contribution >= 4 is 17.9 Å². The summed E-state index contributed by atoms with van der Waals surface area (Å²) in [4.78, 5) is 30.4. The maximum Gasteiger partial charge on any atom is 0.414 e. The van der Waals surface area contributed by atoms with Crippen LogP contribution in [0, 0.1) is 5.92 Å². The quantitative estimate of drug-likeness (QED) is 0.511. The van der Waals surface area contributed by atoms with Crippen molar-refractivity contribution in [3.05, 3.63) is 23.8 Å². The van der Waals surface area contributed by atoms with E-state index in [1.165, 1.54) is 0 Å². The molecule has 0 aliphatic carbocycles. The minimum atomic E-state index is -1.82. The first kappa shape index (κ1) is 22.2. The molecule has 27 heavy (non-hydrogen) atoms. The fraction of sp³-hybridized carbons (Fsp3) is 0.500. The van der Waals surface area contributed by atoms with Crippen molar-refractivity contribution in [2.75, 3.05) is 20.8 Å². The summed E-state index contributed by atoms with van der Waals surface area (Å²) < 4.78 is 15.9. The Bertz CT molecular complexity index is 661. The van der Waals surface area contributed by atoms with Gasteiger partial charge in [-0.25, -0.2) is 9.59 Å². The highest BCUT2D eigenvalue weighted by molar-refractivity contribution is 6.27. The molecule has 0 aromatic heterocycles. The number of nitrogens with one attached hydrogen (secondary N) is 1. The van der Waals surface area contributed by atoms with Crippen molar-refractivity contribution in [3.8, 4) is 11.5 Å². The first-order chi connectivity index (χ1) is 12.7. The van der Waals surface area contributed by atoms with Crippen molar-refractivity contribution in [2.24, 2.45) is 5.92 Å². The van der Waals surface area contributed by atoms with E-state index < -0.39 is 11.9 Å². The van der Waals surface area contributed by atoms with Crippen LogP contribution in [-0.2, 0) is 19.1 Å². The van der Waals surface area contributed by atoms with Gasteiger partial charge in [-0.15, -0.1) is 0 Å². The molecule has 0 radical (unpaired) electrons. The molecule has 1 unspecified atom stereocenters. The molecule has 9 heteroatoms. The van der Waals surface area contributed by atoms with E-state index in [1.54, 1.807) is 14.2 Å². The lowest BCUT2D eigenvalue weighted by Gasteiger charge is -2.21. The number of carbonyl (C=O) groups is 3. The third-order valence-corrected chi connectivity index (χ3v) is 3.83. The molecule has 0 bridgehead atoms. The second kappa shape index (κ2) is 10.4. The number of ether oxygens (including phenoxy) is 3. The number of methoxy groups -OCH3 is 2. The molecule has 1 heterocycles. The summed E-state index contributed by atoms with van der Waals surface area (Å²) in [5.74, 6) is -2.61. The van der Waals surface area contributed by atoms with Crippen molar-refractivity contribution in [2.45, 2.75) is 32.4 Å². The molecular formula is C18H25NO8. The highest BCUT2D eigenvalue weighted by atomic mass is 16.5. The maximum absolute atomic E-state index is 12.2. The number of carboxylic acids is 2. The third-order valence-electron chi connectivity index (χ3n) is 3.83. The lowest BCUT2D eigenvalue weighted by molar-refractivity contribution is -0.159. The number of carbonyl (C=O) groups excluding carboxylic acids is 1. The van der Waals surface area contributed by atoms with E-state index >= 15 is 0 Å². The fourth-order valence-electron chi connectivity index (χ4n) is 2.67. The van der Waals surface area contributed by atoms with E-state index in [0.29, 0.717) is 11.5 Å². The van der Waals surface area contributed by atoms with E-state index in [-0.39, 0.29) is 24.0 Å². The van der Waals surface area contributed by atoms with E-state index in [1.807, 2.05) is 32.0 Å². The number of hydrogen-bond acceptors (Lipinski definition) is 7. The standard InChI is InChI=1S/C16H23NO4.C2H2O4/c1-10(2)21-16(18)12-7-8-17-15(12)11-5-6-13(19-3)14(9-11)20-4;3-1(4)2(5)6/h5-6,9-10,12,15,17H,7-8H2,1-4H3;(H,3,4)(H,5,6)/t12-,15?;/m1./s1. The number of esters is 1. The van der Waals surface area contributed by atoms with Crippen LogP contribution in [0.5, 0.6) is 11.5 Å².